The summed E-state index contributed by atoms with van der Waals surface area (Å²) in [7, 11) is 0. The third kappa shape index (κ3) is 5.10. The zero-order valence-corrected chi connectivity index (χ0v) is 19.4. The molecule has 0 unspecified atom stereocenters. The van der Waals surface area contributed by atoms with E-state index < -0.39 is 5.97 Å². The first kappa shape index (κ1) is 20.3. The van der Waals surface area contributed by atoms with Gasteiger partial charge in [0.15, 0.2) is 5.70 Å². The monoisotopic (exact) mass is 587 g/mol. The number of ether oxygens (including phenoxy) is 2. The highest BCUT2D eigenvalue weighted by molar-refractivity contribution is 14.1. The summed E-state index contributed by atoms with van der Waals surface area (Å²) in [5.74, 6) is 0.804. The molecule has 2 aromatic carbocycles. The molecule has 4 nitrogen and oxygen atoms in total. The molecule has 0 aromatic heterocycles. The van der Waals surface area contributed by atoms with E-state index in [-0.39, 0.29) is 0 Å². The molecule has 0 radical (unpaired) electrons. The maximum atomic E-state index is 12.2. The Morgan fingerprint density at radius 1 is 1.15 bits per heavy atom. The second kappa shape index (κ2) is 9.18. The van der Waals surface area contributed by atoms with Crippen LogP contribution in [-0.2, 0) is 9.53 Å². The maximum Gasteiger partial charge on any atom is 0.363 e. The molecule has 0 bridgehead atoms. The fourth-order valence-electron chi connectivity index (χ4n) is 2.51. The van der Waals surface area contributed by atoms with Gasteiger partial charge in [0.05, 0.1) is 13.7 Å². The van der Waals surface area contributed by atoms with Crippen molar-refractivity contribution in [2.24, 2.45) is 4.99 Å². The van der Waals surface area contributed by atoms with Crippen molar-refractivity contribution in [2.45, 2.75) is 26.7 Å². The van der Waals surface area contributed by atoms with Gasteiger partial charge < -0.3 is 9.47 Å². The van der Waals surface area contributed by atoms with Crippen molar-refractivity contribution in [3.8, 4) is 5.75 Å². The molecule has 6 heteroatoms. The zero-order chi connectivity index (χ0) is 19.4. The van der Waals surface area contributed by atoms with Gasteiger partial charge in [-0.25, -0.2) is 9.79 Å². The Bertz CT molecular complexity index is 895. The van der Waals surface area contributed by atoms with Crippen molar-refractivity contribution in [3.63, 3.8) is 0 Å². The third-order valence-corrected chi connectivity index (χ3v) is 5.59. The van der Waals surface area contributed by atoms with E-state index in [2.05, 4.69) is 57.1 Å². The van der Waals surface area contributed by atoms with Crippen LogP contribution in [0.2, 0.25) is 0 Å². The van der Waals surface area contributed by atoms with E-state index in [0.29, 0.717) is 18.2 Å². The van der Waals surface area contributed by atoms with Crippen molar-refractivity contribution in [3.05, 3.63) is 65.9 Å². The van der Waals surface area contributed by atoms with Gasteiger partial charge in [0.25, 0.3) is 0 Å². The molecule has 1 heterocycles. The molecule has 0 aliphatic carbocycles. The number of cyclic esters (lactones) is 1. The quantitative estimate of drug-likeness (QED) is 0.188. The molecule has 0 saturated carbocycles. The minimum atomic E-state index is -0.432. The van der Waals surface area contributed by atoms with Gasteiger partial charge in [-0.15, -0.1) is 0 Å². The van der Waals surface area contributed by atoms with Crippen molar-refractivity contribution in [1.82, 2.24) is 0 Å². The number of carbonyl (C=O) groups is 1. The fourth-order valence-corrected chi connectivity index (χ4v) is 4.63. The largest absolute Gasteiger partial charge is 0.491 e. The lowest BCUT2D eigenvalue weighted by Crippen LogP contribution is -2.05. The Labute approximate surface area is 186 Å². The average Bonchev–Trinajstić information content (AvgIpc) is 2.98. The molecule has 0 amide bonds. The second-order valence-corrected chi connectivity index (χ2v) is 8.54. The van der Waals surface area contributed by atoms with E-state index in [9.17, 15) is 4.79 Å². The number of rotatable bonds is 6. The van der Waals surface area contributed by atoms with Crippen LogP contribution in [0.3, 0.4) is 0 Å². The first-order valence-electron chi connectivity index (χ1n) is 8.69. The van der Waals surface area contributed by atoms with Crippen LogP contribution in [0.15, 0.2) is 47.1 Å². The molecule has 2 aromatic rings. The van der Waals surface area contributed by atoms with Gasteiger partial charge in [0.1, 0.15) is 5.75 Å². The van der Waals surface area contributed by atoms with E-state index in [4.69, 9.17) is 9.47 Å². The molecule has 0 atom stereocenters. The van der Waals surface area contributed by atoms with Gasteiger partial charge in [0, 0.05) is 5.56 Å². The standard InChI is InChI=1S/C21H19I2NO3/c1-3-4-9-26-19-16(22)10-14(11-17(19)23)12-18-21(25)27-20(24-18)15-7-5-13(2)6-8-15/h5-8,10-12H,3-4,9H2,1-2H3/b18-12-. The lowest BCUT2D eigenvalue weighted by molar-refractivity contribution is -0.129. The molecule has 0 saturated heterocycles. The number of aryl methyl sites for hydroxylation is 1. The lowest BCUT2D eigenvalue weighted by atomic mass is 10.1. The second-order valence-electron chi connectivity index (χ2n) is 6.22. The molecular weight excluding hydrogens is 568 g/mol. The van der Waals surface area contributed by atoms with Crippen LogP contribution in [0.1, 0.15) is 36.5 Å². The van der Waals surface area contributed by atoms with Gasteiger partial charge in [0.2, 0.25) is 5.90 Å². The van der Waals surface area contributed by atoms with Crippen LogP contribution in [0.5, 0.6) is 5.75 Å². The van der Waals surface area contributed by atoms with E-state index in [0.717, 1.165) is 42.4 Å². The third-order valence-electron chi connectivity index (χ3n) is 3.99. The van der Waals surface area contributed by atoms with E-state index in [1.54, 1.807) is 6.08 Å². The molecule has 1 aliphatic rings. The normalized spacial score (nSPS) is 15.0. The van der Waals surface area contributed by atoms with Gasteiger partial charge in [-0.05, 0) is 94.4 Å². The minimum absolute atomic E-state index is 0.303. The van der Waals surface area contributed by atoms with Gasteiger partial charge in [-0.1, -0.05) is 31.0 Å². The number of aliphatic imine (C=N–C) groups is 1. The van der Waals surface area contributed by atoms with Crippen molar-refractivity contribution < 1.29 is 14.3 Å². The highest BCUT2D eigenvalue weighted by Crippen LogP contribution is 2.30. The highest BCUT2D eigenvalue weighted by Gasteiger charge is 2.24. The summed E-state index contributed by atoms with van der Waals surface area (Å²) in [5.41, 5.74) is 3.13. The van der Waals surface area contributed by atoms with E-state index in [1.165, 1.54) is 0 Å². The summed E-state index contributed by atoms with van der Waals surface area (Å²) in [5, 5.41) is 0. The fraction of sp³-hybridized carbons (Fsp3) is 0.238. The van der Waals surface area contributed by atoms with Gasteiger partial charge in [-0.2, -0.15) is 0 Å². The van der Waals surface area contributed by atoms with Crippen LogP contribution < -0.4 is 4.74 Å². The number of benzene rings is 2. The smallest absolute Gasteiger partial charge is 0.363 e. The Morgan fingerprint density at radius 2 is 1.81 bits per heavy atom. The number of hydrogen-bond acceptors (Lipinski definition) is 4. The predicted octanol–water partition coefficient (Wildman–Crippen LogP) is 5.73. The Balaban J connectivity index is 1.85. The lowest BCUT2D eigenvalue weighted by Gasteiger charge is -2.11. The van der Waals surface area contributed by atoms with Crippen LogP contribution in [0, 0.1) is 14.1 Å². The topological polar surface area (TPSA) is 47.9 Å². The summed E-state index contributed by atoms with van der Waals surface area (Å²) in [6.07, 6.45) is 3.88. The number of halogens is 2. The number of unbranched alkanes of at least 4 members (excludes halogenated alkanes) is 1. The summed E-state index contributed by atoms with van der Waals surface area (Å²) in [6, 6.07) is 11.7. The molecule has 1 aliphatic heterocycles. The summed E-state index contributed by atoms with van der Waals surface area (Å²) in [6.45, 7) is 4.86. The Morgan fingerprint density at radius 3 is 2.44 bits per heavy atom. The SMILES string of the molecule is CCCCOc1c(I)cc(/C=C2\N=C(c3ccc(C)cc3)OC2=O)cc1I. The van der Waals surface area contributed by atoms with Crippen LogP contribution in [0.4, 0.5) is 0 Å². The summed E-state index contributed by atoms with van der Waals surface area (Å²) in [4.78, 5) is 16.6. The maximum absolute atomic E-state index is 12.2. The molecular formula is C21H19I2NO3. The summed E-state index contributed by atoms with van der Waals surface area (Å²) >= 11 is 4.52. The molecule has 0 spiro atoms. The predicted molar refractivity (Wildman–Crippen MR) is 124 cm³/mol. The van der Waals surface area contributed by atoms with Gasteiger partial charge >= 0.3 is 5.97 Å². The average molecular weight is 587 g/mol. The molecule has 3 rings (SSSR count). The first-order chi connectivity index (χ1) is 13.0. The van der Waals surface area contributed by atoms with Crippen LogP contribution in [0.25, 0.3) is 6.08 Å². The number of carbonyl (C=O) groups excluding carboxylic acids is 1. The van der Waals surface area contributed by atoms with Crippen molar-refractivity contribution in [2.75, 3.05) is 6.61 Å². The highest BCUT2D eigenvalue weighted by atomic mass is 127. The Kier molecular flexibility index (Phi) is 6.91. The molecule has 140 valence electrons. The van der Waals surface area contributed by atoms with E-state index >= 15 is 0 Å². The van der Waals surface area contributed by atoms with Crippen molar-refractivity contribution in [1.29, 1.82) is 0 Å². The summed E-state index contributed by atoms with van der Waals surface area (Å²) < 4.78 is 13.2. The van der Waals surface area contributed by atoms with Gasteiger partial charge in [-0.3, -0.25) is 0 Å². The van der Waals surface area contributed by atoms with Crippen LogP contribution >= 0.6 is 45.2 Å². The van der Waals surface area contributed by atoms with E-state index in [1.807, 2.05) is 43.3 Å². The molecule has 0 fully saturated rings. The first-order valence-corrected chi connectivity index (χ1v) is 10.8. The Hall–Kier alpha value is -1.42. The molecule has 27 heavy (non-hydrogen) atoms. The minimum Gasteiger partial charge on any atom is -0.491 e. The number of hydrogen-bond donors (Lipinski definition) is 0. The molecule has 0 N–H and O–H groups in total. The number of esters is 1. The number of nitrogens with zero attached hydrogens (tertiary/aromatic N) is 1. The van der Waals surface area contributed by atoms with Crippen LogP contribution in [-0.4, -0.2) is 18.5 Å². The zero-order valence-electron chi connectivity index (χ0n) is 15.1. The van der Waals surface area contributed by atoms with Crippen molar-refractivity contribution >= 4 is 63.1 Å².